The van der Waals surface area contributed by atoms with Crippen molar-refractivity contribution in [3.05, 3.63) is 106 Å². The van der Waals surface area contributed by atoms with Gasteiger partial charge in [0.2, 0.25) is 0 Å². The fraction of sp³-hybridized carbons (Fsp3) is 0.148. The van der Waals surface area contributed by atoms with Gasteiger partial charge < -0.3 is 4.74 Å². The molecular formula is C27H25N5O4. The number of rotatable bonds is 7. The minimum absolute atomic E-state index is 0.0463. The number of ether oxygens (including phenoxy) is 1. The molecule has 0 bridgehead atoms. The van der Waals surface area contributed by atoms with Gasteiger partial charge in [0.15, 0.2) is 5.69 Å². The highest BCUT2D eigenvalue weighted by atomic mass is 16.5. The van der Waals surface area contributed by atoms with Gasteiger partial charge in [-0.25, -0.2) is 4.68 Å². The lowest BCUT2D eigenvalue weighted by atomic mass is 10.1. The molecule has 0 aliphatic heterocycles. The summed E-state index contributed by atoms with van der Waals surface area (Å²) >= 11 is 0. The predicted molar refractivity (Wildman–Crippen MR) is 136 cm³/mol. The van der Waals surface area contributed by atoms with Crippen LogP contribution >= 0.6 is 0 Å². The third kappa shape index (κ3) is 5.82. The normalized spacial score (nSPS) is 11.1. The number of fused-ring (bicyclic) bond motifs is 1. The first kappa shape index (κ1) is 24.3. The Bertz CT molecular complexity index is 1460. The second-order valence-electron chi connectivity index (χ2n) is 8.23. The van der Waals surface area contributed by atoms with E-state index in [1.807, 2.05) is 24.3 Å². The lowest BCUT2D eigenvalue weighted by Gasteiger charge is -2.13. The summed E-state index contributed by atoms with van der Waals surface area (Å²) in [5, 5.41) is 5.01. The van der Waals surface area contributed by atoms with E-state index in [0.717, 1.165) is 11.1 Å². The smallest absolute Gasteiger partial charge is 0.290 e. The van der Waals surface area contributed by atoms with Crippen LogP contribution in [0, 0.1) is 0 Å². The molecule has 0 aliphatic carbocycles. The molecule has 0 saturated heterocycles. The molecule has 0 spiro atoms. The van der Waals surface area contributed by atoms with Crippen molar-refractivity contribution in [2.24, 2.45) is 0 Å². The molecule has 2 amide bonds. The van der Waals surface area contributed by atoms with E-state index in [0.29, 0.717) is 23.1 Å². The van der Waals surface area contributed by atoms with Crippen molar-refractivity contribution in [1.82, 2.24) is 25.6 Å². The highest BCUT2D eigenvalue weighted by Gasteiger charge is 2.18. The number of nitrogens with one attached hydrogen (secondary N) is 2. The maximum Gasteiger partial charge on any atom is 0.290 e. The Balaban J connectivity index is 1.36. The van der Waals surface area contributed by atoms with Crippen LogP contribution < -0.4 is 21.1 Å². The number of nitrogens with zero attached hydrogens (tertiary/aromatic N) is 3. The molecule has 4 rings (SSSR count). The van der Waals surface area contributed by atoms with Crippen molar-refractivity contribution in [2.75, 3.05) is 0 Å². The van der Waals surface area contributed by atoms with Gasteiger partial charge in [-0.15, -0.1) is 0 Å². The molecule has 2 N–H and O–H groups in total. The number of hydrogen-bond donors (Lipinski definition) is 2. The molecule has 0 atom stereocenters. The van der Waals surface area contributed by atoms with Crippen LogP contribution in [0.15, 0.2) is 83.9 Å². The molecule has 2 aromatic heterocycles. The van der Waals surface area contributed by atoms with Gasteiger partial charge in [0.25, 0.3) is 17.4 Å². The fourth-order valence-corrected chi connectivity index (χ4v) is 3.44. The Hall–Kier alpha value is -4.79. The van der Waals surface area contributed by atoms with Crippen molar-refractivity contribution in [3.8, 4) is 5.75 Å². The molecule has 9 heteroatoms. The van der Waals surface area contributed by atoms with Crippen LogP contribution in [0.1, 0.15) is 41.5 Å². The van der Waals surface area contributed by atoms with Crippen LogP contribution in [0.4, 0.5) is 0 Å². The lowest BCUT2D eigenvalue weighted by molar-refractivity contribution is -0.117. The van der Waals surface area contributed by atoms with Crippen LogP contribution in [0.5, 0.6) is 5.75 Å². The highest BCUT2D eigenvalue weighted by Crippen LogP contribution is 2.16. The van der Waals surface area contributed by atoms with Crippen molar-refractivity contribution < 1.29 is 14.3 Å². The van der Waals surface area contributed by atoms with Crippen molar-refractivity contribution >= 4 is 28.7 Å². The average Bonchev–Trinajstić information content (AvgIpc) is 2.90. The Morgan fingerprint density at radius 3 is 2.44 bits per heavy atom. The van der Waals surface area contributed by atoms with Crippen LogP contribution in [0.25, 0.3) is 16.8 Å². The molecule has 0 unspecified atom stereocenters. The van der Waals surface area contributed by atoms with E-state index in [2.05, 4.69) is 20.9 Å². The second-order valence-corrected chi connectivity index (χ2v) is 8.23. The van der Waals surface area contributed by atoms with Crippen molar-refractivity contribution in [3.63, 3.8) is 0 Å². The zero-order valence-electron chi connectivity index (χ0n) is 19.8. The maximum absolute atomic E-state index is 12.8. The average molecular weight is 484 g/mol. The van der Waals surface area contributed by atoms with E-state index in [9.17, 15) is 14.4 Å². The number of carbonyl (C=O) groups is 2. The third-order valence-corrected chi connectivity index (χ3v) is 5.27. The van der Waals surface area contributed by atoms with E-state index in [-0.39, 0.29) is 17.3 Å². The highest BCUT2D eigenvalue weighted by molar-refractivity contribution is 6.05. The van der Waals surface area contributed by atoms with E-state index in [1.165, 1.54) is 10.8 Å². The number of hydrazine groups is 1. The van der Waals surface area contributed by atoms with Gasteiger partial charge in [-0.1, -0.05) is 36.4 Å². The summed E-state index contributed by atoms with van der Waals surface area (Å²) in [6.07, 6.45) is 6.36. The second kappa shape index (κ2) is 11.1. The maximum atomic E-state index is 12.8. The number of hydrogen-bond acceptors (Lipinski definition) is 6. The van der Waals surface area contributed by atoms with Crippen LogP contribution in [0.3, 0.4) is 0 Å². The predicted octanol–water partition coefficient (Wildman–Crippen LogP) is 3.43. The van der Waals surface area contributed by atoms with Crippen LogP contribution in [-0.4, -0.2) is 26.6 Å². The number of aromatic nitrogens is 3. The minimum atomic E-state index is -0.627. The topological polar surface area (TPSA) is 115 Å². The first-order valence-electron chi connectivity index (χ1n) is 11.3. The number of pyridine rings is 1. The largest absolute Gasteiger partial charge is 0.489 e. The van der Waals surface area contributed by atoms with Gasteiger partial charge in [0, 0.05) is 29.4 Å². The quantitative estimate of drug-likeness (QED) is 0.307. The van der Waals surface area contributed by atoms with Gasteiger partial charge in [0.05, 0.1) is 11.4 Å². The summed E-state index contributed by atoms with van der Waals surface area (Å²) in [7, 11) is 0. The standard InChI is InChI=1S/C27H25N5O4/c1-18(2)32-27(35)23-8-4-3-7-22(23)25(31-32)26(34)30-29-24(33)14-11-19-9-12-21(13-10-19)36-17-20-6-5-15-28-16-20/h3-16,18H,17H2,1-2H3,(H,29,33)(H,30,34)/b14-11+. The lowest BCUT2D eigenvalue weighted by Crippen LogP contribution is -2.42. The zero-order valence-corrected chi connectivity index (χ0v) is 19.8. The van der Waals surface area contributed by atoms with Crippen molar-refractivity contribution in [1.29, 1.82) is 0 Å². The Morgan fingerprint density at radius 2 is 1.75 bits per heavy atom. The zero-order chi connectivity index (χ0) is 25.5. The molecule has 2 heterocycles. The molecule has 0 radical (unpaired) electrons. The third-order valence-electron chi connectivity index (χ3n) is 5.27. The molecule has 0 saturated carbocycles. The van der Waals surface area contributed by atoms with E-state index in [4.69, 9.17) is 4.74 Å². The molecule has 36 heavy (non-hydrogen) atoms. The molecule has 2 aromatic carbocycles. The van der Waals surface area contributed by atoms with Gasteiger partial charge in [-0.05, 0) is 49.8 Å². The molecule has 182 valence electrons. The SMILES string of the molecule is CC(C)n1nc(C(=O)NNC(=O)/C=C/c2ccc(OCc3cccnc3)cc2)c2ccccc2c1=O. The molecule has 0 aliphatic rings. The van der Waals surface area contributed by atoms with E-state index in [1.54, 1.807) is 68.7 Å². The van der Waals surface area contributed by atoms with Gasteiger partial charge in [-0.2, -0.15) is 5.10 Å². The monoisotopic (exact) mass is 483 g/mol. The summed E-state index contributed by atoms with van der Waals surface area (Å²) in [5.41, 5.74) is 6.22. The number of carbonyl (C=O) groups excluding carboxylic acids is 2. The number of benzene rings is 2. The van der Waals surface area contributed by atoms with Gasteiger partial charge in [0.1, 0.15) is 12.4 Å². The molecule has 9 nitrogen and oxygen atoms in total. The summed E-state index contributed by atoms with van der Waals surface area (Å²) in [4.78, 5) is 41.7. The summed E-state index contributed by atoms with van der Waals surface area (Å²) in [5.74, 6) is -0.464. The Kier molecular flexibility index (Phi) is 7.50. The minimum Gasteiger partial charge on any atom is -0.489 e. The first-order chi connectivity index (χ1) is 17.4. The molecule has 4 aromatic rings. The summed E-state index contributed by atoms with van der Waals surface area (Å²) < 4.78 is 6.98. The van der Waals surface area contributed by atoms with E-state index < -0.39 is 11.8 Å². The van der Waals surface area contributed by atoms with Crippen molar-refractivity contribution in [2.45, 2.75) is 26.5 Å². The fourth-order valence-electron chi connectivity index (χ4n) is 3.44. The van der Waals surface area contributed by atoms with Gasteiger partial charge >= 0.3 is 0 Å². The number of amides is 2. The molecule has 0 fully saturated rings. The Morgan fingerprint density at radius 1 is 1.00 bits per heavy atom. The summed E-state index contributed by atoms with van der Waals surface area (Å²) in [6, 6.07) is 17.5. The van der Waals surface area contributed by atoms with Gasteiger partial charge in [-0.3, -0.25) is 30.2 Å². The van der Waals surface area contributed by atoms with Crippen LogP contribution in [-0.2, 0) is 11.4 Å². The van der Waals surface area contributed by atoms with E-state index >= 15 is 0 Å². The van der Waals surface area contributed by atoms with Crippen LogP contribution in [0.2, 0.25) is 0 Å². The first-order valence-corrected chi connectivity index (χ1v) is 11.3. The Labute approximate surface area is 207 Å². The summed E-state index contributed by atoms with van der Waals surface area (Å²) in [6.45, 7) is 4.01. The molecular weight excluding hydrogens is 458 g/mol.